The first-order valence-electron chi connectivity index (χ1n) is 6.07. The van der Waals surface area contributed by atoms with E-state index >= 15 is 0 Å². The molecule has 2 amide bonds. The Bertz CT molecular complexity index is 789. The molecular weight excluding hydrogens is 419 g/mol. The van der Waals surface area contributed by atoms with Gasteiger partial charge in [-0.2, -0.15) is 0 Å². The van der Waals surface area contributed by atoms with E-state index in [-0.39, 0.29) is 14.4 Å². The normalized spacial score (nSPS) is 10.8. The summed E-state index contributed by atoms with van der Waals surface area (Å²) in [7, 11) is -3.97. The summed E-state index contributed by atoms with van der Waals surface area (Å²) in [5, 5.41) is 2.52. The third-order valence-corrected chi connectivity index (χ3v) is 4.29. The molecule has 0 bridgehead atoms. The second-order valence-electron chi connectivity index (χ2n) is 4.22. The van der Waals surface area contributed by atoms with Crippen LogP contribution in [0.2, 0.25) is 0 Å². The highest BCUT2D eigenvalue weighted by molar-refractivity contribution is 14.1. The molecule has 0 saturated heterocycles. The molecule has 6 nitrogen and oxygen atoms in total. The number of carbonyl (C=O) groups is 2. The molecule has 0 fully saturated rings. The van der Waals surface area contributed by atoms with Crippen LogP contribution in [0.4, 0.5) is 10.5 Å². The standard InChI is InChI=1S/C14H11IN2O4S/c15-14(19)16-11-6-8-12(9-7-11)22(20,21)17-13(18)10-4-2-1-3-5-10/h1-9H,(H,16,19)(H,17,18). The fraction of sp³-hybridized carbons (Fsp3) is 0. The Labute approximate surface area is 141 Å². The summed E-state index contributed by atoms with van der Waals surface area (Å²) in [6.07, 6.45) is 0. The third-order valence-electron chi connectivity index (χ3n) is 2.67. The van der Waals surface area contributed by atoms with E-state index in [1.807, 2.05) is 4.72 Å². The van der Waals surface area contributed by atoms with Gasteiger partial charge < -0.3 is 5.32 Å². The molecule has 114 valence electrons. The van der Waals surface area contributed by atoms with Crippen molar-refractivity contribution in [2.75, 3.05) is 5.32 Å². The van der Waals surface area contributed by atoms with Crippen LogP contribution >= 0.6 is 22.6 Å². The van der Waals surface area contributed by atoms with Crippen LogP contribution in [0.3, 0.4) is 0 Å². The summed E-state index contributed by atoms with van der Waals surface area (Å²) in [6.45, 7) is 0. The second kappa shape index (κ2) is 6.88. The Kier molecular flexibility index (Phi) is 5.14. The van der Waals surface area contributed by atoms with Crippen LogP contribution in [0.5, 0.6) is 0 Å². The molecule has 0 aliphatic rings. The molecule has 2 aromatic rings. The van der Waals surface area contributed by atoms with Crippen LogP contribution < -0.4 is 10.0 Å². The van der Waals surface area contributed by atoms with Crippen molar-refractivity contribution < 1.29 is 18.0 Å². The summed E-state index contributed by atoms with van der Waals surface area (Å²) < 4.78 is 26.0. The maximum atomic E-state index is 12.1. The van der Waals surface area contributed by atoms with Crippen molar-refractivity contribution in [3.8, 4) is 0 Å². The highest BCUT2D eigenvalue weighted by Crippen LogP contribution is 2.15. The number of nitrogens with one attached hydrogen (secondary N) is 2. The van der Waals surface area contributed by atoms with Gasteiger partial charge >= 0.3 is 0 Å². The van der Waals surface area contributed by atoms with Crippen LogP contribution in [-0.4, -0.2) is 18.2 Å². The van der Waals surface area contributed by atoms with Crippen LogP contribution in [0.25, 0.3) is 0 Å². The molecule has 2 rings (SSSR count). The molecular formula is C14H11IN2O4S. The minimum Gasteiger partial charge on any atom is -0.317 e. The maximum absolute atomic E-state index is 12.1. The lowest BCUT2D eigenvalue weighted by atomic mass is 10.2. The van der Waals surface area contributed by atoms with Gasteiger partial charge in [0.05, 0.1) is 4.90 Å². The molecule has 0 spiro atoms. The predicted molar refractivity (Wildman–Crippen MR) is 90.6 cm³/mol. The van der Waals surface area contributed by atoms with E-state index in [2.05, 4.69) is 5.32 Å². The van der Waals surface area contributed by atoms with Gasteiger partial charge in [0.15, 0.2) is 0 Å². The summed E-state index contributed by atoms with van der Waals surface area (Å²) in [6, 6.07) is 13.5. The molecule has 0 radical (unpaired) electrons. The van der Waals surface area contributed by atoms with Gasteiger partial charge in [-0.05, 0) is 36.4 Å². The smallest absolute Gasteiger partial charge is 0.284 e. The SMILES string of the molecule is O=C(I)Nc1ccc(S(=O)(=O)NC(=O)c2ccccc2)cc1. The number of anilines is 1. The number of halogens is 1. The van der Waals surface area contributed by atoms with Crippen molar-refractivity contribution >= 4 is 48.1 Å². The van der Waals surface area contributed by atoms with Gasteiger partial charge in [-0.25, -0.2) is 13.1 Å². The summed E-state index contributed by atoms with van der Waals surface area (Å²) in [4.78, 5) is 22.7. The van der Waals surface area contributed by atoms with Gasteiger partial charge in [0.25, 0.3) is 19.8 Å². The van der Waals surface area contributed by atoms with Gasteiger partial charge in [0, 0.05) is 33.8 Å². The zero-order chi connectivity index (χ0) is 16.2. The molecule has 0 saturated carbocycles. The first-order chi connectivity index (χ1) is 10.4. The predicted octanol–water partition coefficient (Wildman–Crippen LogP) is 2.77. The average Bonchev–Trinajstić information content (AvgIpc) is 2.47. The second-order valence-corrected chi connectivity index (χ2v) is 6.89. The molecule has 0 aromatic heterocycles. The van der Waals surface area contributed by atoms with E-state index < -0.39 is 15.9 Å². The van der Waals surface area contributed by atoms with Crippen molar-refractivity contribution in [3.63, 3.8) is 0 Å². The Balaban J connectivity index is 2.16. The Morgan fingerprint density at radius 2 is 1.50 bits per heavy atom. The van der Waals surface area contributed by atoms with E-state index in [0.717, 1.165) is 0 Å². The molecule has 8 heteroatoms. The molecule has 0 unspecified atom stereocenters. The molecule has 0 atom stereocenters. The largest absolute Gasteiger partial charge is 0.317 e. The number of rotatable bonds is 4. The minimum absolute atomic E-state index is 0.0664. The maximum Gasteiger partial charge on any atom is 0.284 e. The Hall–Kier alpha value is -1.94. The van der Waals surface area contributed by atoms with E-state index in [9.17, 15) is 18.0 Å². The van der Waals surface area contributed by atoms with Gasteiger partial charge in [-0.3, -0.25) is 9.59 Å². The molecule has 22 heavy (non-hydrogen) atoms. The van der Waals surface area contributed by atoms with Crippen LogP contribution in [0.1, 0.15) is 10.4 Å². The van der Waals surface area contributed by atoms with Gasteiger partial charge in [0.1, 0.15) is 0 Å². The zero-order valence-electron chi connectivity index (χ0n) is 11.1. The van der Waals surface area contributed by atoms with Crippen LogP contribution in [0.15, 0.2) is 59.5 Å². The molecule has 2 N–H and O–H groups in total. The average molecular weight is 430 g/mol. The Morgan fingerprint density at radius 3 is 2.05 bits per heavy atom. The Morgan fingerprint density at radius 1 is 0.909 bits per heavy atom. The van der Waals surface area contributed by atoms with Crippen molar-refractivity contribution in [2.45, 2.75) is 4.90 Å². The minimum atomic E-state index is -3.97. The molecule has 0 heterocycles. The van der Waals surface area contributed by atoms with Crippen LogP contribution in [-0.2, 0) is 10.0 Å². The monoisotopic (exact) mass is 430 g/mol. The first-order valence-corrected chi connectivity index (χ1v) is 8.63. The highest BCUT2D eigenvalue weighted by atomic mass is 127. The van der Waals surface area contributed by atoms with E-state index in [0.29, 0.717) is 5.69 Å². The zero-order valence-corrected chi connectivity index (χ0v) is 14.1. The van der Waals surface area contributed by atoms with Crippen molar-refractivity contribution in [1.29, 1.82) is 0 Å². The van der Waals surface area contributed by atoms with E-state index in [1.165, 1.54) is 36.4 Å². The molecule has 2 aromatic carbocycles. The van der Waals surface area contributed by atoms with Crippen molar-refractivity contribution in [1.82, 2.24) is 4.72 Å². The highest BCUT2D eigenvalue weighted by Gasteiger charge is 2.18. The molecule has 0 aliphatic carbocycles. The summed E-state index contributed by atoms with van der Waals surface area (Å²) in [5.74, 6) is -0.703. The topological polar surface area (TPSA) is 92.3 Å². The van der Waals surface area contributed by atoms with Crippen molar-refractivity contribution in [2.24, 2.45) is 0 Å². The summed E-state index contributed by atoms with van der Waals surface area (Å²) in [5.41, 5.74) is 0.715. The fourth-order valence-electron chi connectivity index (χ4n) is 1.66. The van der Waals surface area contributed by atoms with Gasteiger partial charge in [-0.1, -0.05) is 18.2 Å². The lowest BCUT2D eigenvalue weighted by Gasteiger charge is -2.08. The van der Waals surface area contributed by atoms with E-state index in [1.54, 1.807) is 40.8 Å². The lowest BCUT2D eigenvalue weighted by Crippen LogP contribution is -2.30. The van der Waals surface area contributed by atoms with Gasteiger partial charge in [-0.15, -0.1) is 0 Å². The number of carbonyl (C=O) groups excluding carboxylic acids is 2. The quantitative estimate of drug-likeness (QED) is 0.444. The first kappa shape index (κ1) is 16.4. The number of sulfonamides is 1. The number of benzene rings is 2. The van der Waals surface area contributed by atoms with Crippen molar-refractivity contribution in [3.05, 3.63) is 60.2 Å². The third kappa shape index (κ3) is 4.28. The number of hydrogen-bond donors (Lipinski definition) is 2. The van der Waals surface area contributed by atoms with Gasteiger partial charge in [0.2, 0.25) is 0 Å². The van der Waals surface area contributed by atoms with Crippen LogP contribution in [0, 0.1) is 0 Å². The summed E-state index contributed by atoms with van der Waals surface area (Å²) >= 11 is 1.57. The number of hydrogen-bond acceptors (Lipinski definition) is 4. The molecule has 0 aliphatic heterocycles. The van der Waals surface area contributed by atoms with E-state index in [4.69, 9.17) is 0 Å². The lowest BCUT2D eigenvalue weighted by molar-refractivity contribution is 0.0981. The fourth-order valence-corrected chi connectivity index (χ4v) is 2.95. The number of amides is 2.